The van der Waals surface area contributed by atoms with Gasteiger partial charge < -0.3 is 16.4 Å². The van der Waals surface area contributed by atoms with Crippen LogP contribution < -0.4 is 16.4 Å². The lowest BCUT2D eigenvalue weighted by molar-refractivity contribution is -0.128. The molecular formula is C29H34ClFN4O2. The highest BCUT2D eigenvalue weighted by Gasteiger charge is 2.66. The lowest BCUT2D eigenvalue weighted by Crippen LogP contribution is -2.51. The summed E-state index contributed by atoms with van der Waals surface area (Å²) in [4.78, 5) is 31.2. The molecule has 4 N–H and O–H groups in total. The first kappa shape index (κ1) is 24.8. The Morgan fingerprint density at radius 1 is 1.11 bits per heavy atom. The van der Waals surface area contributed by atoms with Crippen molar-refractivity contribution in [3.63, 3.8) is 0 Å². The van der Waals surface area contributed by atoms with Gasteiger partial charge in [-0.3, -0.25) is 14.6 Å². The van der Waals surface area contributed by atoms with Gasteiger partial charge in [-0.2, -0.15) is 0 Å². The minimum absolute atomic E-state index is 0.0773. The van der Waals surface area contributed by atoms with Crippen molar-refractivity contribution in [2.24, 2.45) is 34.8 Å². The van der Waals surface area contributed by atoms with Crippen LogP contribution in [0.4, 0.5) is 10.1 Å². The number of hydrogen-bond acceptors (Lipinski definition) is 4. The average Bonchev–Trinajstić information content (AvgIpc) is 3.53. The van der Waals surface area contributed by atoms with Crippen molar-refractivity contribution in [1.29, 1.82) is 0 Å². The molecule has 2 aromatic rings. The summed E-state index contributed by atoms with van der Waals surface area (Å²) in [5.41, 5.74) is 7.16. The number of benzene rings is 1. The monoisotopic (exact) mass is 524 g/mol. The van der Waals surface area contributed by atoms with Crippen molar-refractivity contribution in [2.45, 2.75) is 62.8 Å². The van der Waals surface area contributed by atoms with Crippen LogP contribution >= 0.6 is 11.6 Å². The SMILES string of the molecule is NC(CNC(=O)C1(c2ccc(F)cc2Cl)CCCC1)C1C2CC3CC1C(C(=O)Nc1ccncc1)(C3)C2. The number of carbonyl (C=O) groups is 2. The number of rotatable bonds is 7. The van der Waals surface area contributed by atoms with Crippen molar-refractivity contribution in [2.75, 3.05) is 11.9 Å². The fraction of sp³-hybridized carbons (Fsp3) is 0.552. The van der Waals surface area contributed by atoms with E-state index in [1.54, 1.807) is 18.5 Å². The van der Waals surface area contributed by atoms with Crippen LogP contribution in [0.15, 0.2) is 42.7 Å². The molecular weight excluding hydrogens is 491 g/mol. The highest BCUT2D eigenvalue weighted by atomic mass is 35.5. The van der Waals surface area contributed by atoms with Crippen LogP contribution in [-0.2, 0) is 15.0 Å². The van der Waals surface area contributed by atoms with E-state index in [-0.39, 0.29) is 35.1 Å². The second-order valence-corrected chi connectivity index (χ2v) is 12.2. The maximum absolute atomic E-state index is 13.7. The molecule has 1 heterocycles. The van der Waals surface area contributed by atoms with Gasteiger partial charge in [-0.1, -0.05) is 30.5 Å². The van der Waals surface area contributed by atoms with E-state index in [1.807, 2.05) is 12.1 Å². The van der Waals surface area contributed by atoms with E-state index in [4.69, 9.17) is 17.3 Å². The fourth-order valence-electron chi connectivity index (χ4n) is 8.56. The Labute approximate surface area is 221 Å². The highest BCUT2D eigenvalue weighted by molar-refractivity contribution is 6.31. The van der Waals surface area contributed by atoms with Crippen molar-refractivity contribution in [3.8, 4) is 0 Å². The van der Waals surface area contributed by atoms with Crippen LogP contribution in [0.3, 0.4) is 0 Å². The van der Waals surface area contributed by atoms with E-state index in [0.717, 1.165) is 44.2 Å². The van der Waals surface area contributed by atoms with Gasteiger partial charge in [-0.15, -0.1) is 0 Å². The number of carbonyl (C=O) groups excluding carboxylic acids is 2. The number of hydrogen-bond donors (Lipinski definition) is 3. The Balaban J connectivity index is 1.16. The summed E-state index contributed by atoms with van der Waals surface area (Å²) < 4.78 is 13.7. The number of nitrogens with two attached hydrogens (primary N) is 1. The smallest absolute Gasteiger partial charge is 0.230 e. The molecule has 2 amide bonds. The van der Waals surface area contributed by atoms with E-state index < -0.39 is 11.2 Å². The Kier molecular flexibility index (Phi) is 6.27. The predicted octanol–water partition coefficient (Wildman–Crippen LogP) is 4.82. The Hall–Kier alpha value is -2.51. The number of aromatic nitrogens is 1. The van der Waals surface area contributed by atoms with Gasteiger partial charge in [-0.05, 0) is 92.0 Å². The molecule has 6 nitrogen and oxygen atoms in total. The molecule has 4 bridgehead atoms. The third-order valence-electron chi connectivity index (χ3n) is 9.94. The van der Waals surface area contributed by atoms with Crippen molar-refractivity contribution in [3.05, 3.63) is 59.1 Å². The largest absolute Gasteiger partial charge is 0.354 e. The lowest BCUT2D eigenvalue weighted by Gasteiger charge is -2.36. The topological polar surface area (TPSA) is 97.1 Å². The van der Waals surface area contributed by atoms with Crippen molar-refractivity contribution < 1.29 is 14.0 Å². The Bertz CT molecular complexity index is 1200. The molecule has 6 atom stereocenters. The van der Waals surface area contributed by atoms with Gasteiger partial charge in [0.05, 0.1) is 10.8 Å². The molecule has 6 unspecified atom stereocenters. The zero-order valence-electron chi connectivity index (χ0n) is 20.9. The molecule has 196 valence electrons. The van der Waals surface area contributed by atoms with Crippen LogP contribution in [0.2, 0.25) is 5.02 Å². The molecule has 5 saturated carbocycles. The number of nitrogens with zero attached hydrogens (tertiary/aromatic N) is 1. The van der Waals surface area contributed by atoms with Gasteiger partial charge in [0.1, 0.15) is 5.82 Å². The third kappa shape index (κ3) is 4.06. The number of anilines is 1. The molecule has 0 saturated heterocycles. The first-order valence-electron chi connectivity index (χ1n) is 13.5. The number of halogens is 2. The van der Waals surface area contributed by atoms with E-state index in [2.05, 4.69) is 15.6 Å². The summed E-state index contributed by atoms with van der Waals surface area (Å²) in [5, 5.41) is 6.60. The summed E-state index contributed by atoms with van der Waals surface area (Å²) >= 11 is 6.41. The van der Waals surface area contributed by atoms with Crippen molar-refractivity contribution >= 4 is 29.1 Å². The van der Waals surface area contributed by atoms with E-state index >= 15 is 0 Å². The Morgan fingerprint density at radius 2 is 1.86 bits per heavy atom. The van der Waals surface area contributed by atoms with E-state index in [9.17, 15) is 14.0 Å². The lowest BCUT2D eigenvalue weighted by atomic mass is 9.72. The van der Waals surface area contributed by atoms with Crippen molar-refractivity contribution in [1.82, 2.24) is 10.3 Å². The van der Waals surface area contributed by atoms with Gasteiger partial charge in [0.2, 0.25) is 11.8 Å². The van der Waals surface area contributed by atoms with Crippen LogP contribution in [-0.4, -0.2) is 29.4 Å². The summed E-state index contributed by atoms with van der Waals surface area (Å²) in [5.74, 6) is 1.04. The second kappa shape index (κ2) is 9.35. The number of amides is 2. The first-order chi connectivity index (χ1) is 17.8. The summed E-state index contributed by atoms with van der Waals surface area (Å²) in [6.07, 6.45) is 10.5. The normalized spacial score (nSPS) is 31.9. The zero-order chi connectivity index (χ0) is 25.8. The Morgan fingerprint density at radius 3 is 2.59 bits per heavy atom. The van der Waals surface area contributed by atoms with E-state index in [0.29, 0.717) is 41.8 Å². The standard InChI is InChI=1S/C29H34ClFN4O2/c30-23-13-19(31)3-4-21(23)28(7-1-2-8-28)26(36)34-16-24(32)25-18-11-17-12-22(25)29(14-17,15-18)27(37)35-20-5-9-33-10-6-20/h3-6,9-10,13,17-18,22,24-25H,1-2,7-8,11-12,14-16,32H2,(H,34,36)(H,33,35,37). The summed E-state index contributed by atoms with van der Waals surface area (Å²) in [6.45, 7) is 0.365. The summed E-state index contributed by atoms with van der Waals surface area (Å²) in [7, 11) is 0. The van der Waals surface area contributed by atoms with Crippen LogP contribution in [0, 0.1) is 34.9 Å². The molecule has 7 rings (SSSR count). The van der Waals surface area contributed by atoms with Crippen LogP contribution in [0.5, 0.6) is 0 Å². The minimum Gasteiger partial charge on any atom is -0.354 e. The van der Waals surface area contributed by atoms with E-state index in [1.165, 1.54) is 12.1 Å². The van der Waals surface area contributed by atoms with Gasteiger partial charge >= 0.3 is 0 Å². The molecule has 0 spiro atoms. The maximum atomic E-state index is 13.7. The van der Waals surface area contributed by atoms with Gasteiger partial charge in [0.15, 0.2) is 0 Å². The maximum Gasteiger partial charge on any atom is 0.230 e. The quantitative estimate of drug-likeness (QED) is 0.483. The molecule has 0 radical (unpaired) electrons. The predicted molar refractivity (Wildman–Crippen MR) is 140 cm³/mol. The second-order valence-electron chi connectivity index (χ2n) is 11.8. The molecule has 1 aromatic heterocycles. The van der Waals surface area contributed by atoms with Gasteiger partial charge in [-0.25, -0.2) is 4.39 Å². The van der Waals surface area contributed by atoms with Crippen LogP contribution in [0.25, 0.3) is 0 Å². The third-order valence-corrected chi connectivity index (χ3v) is 10.3. The highest BCUT2D eigenvalue weighted by Crippen LogP contribution is 2.68. The summed E-state index contributed by atoms with van der Waals surface area (Å²) in [6, 6.07) is 7.73. The number of pyridine rings is 1. The molecule has 5 aliphatic carbocycles. The molecule has 37 heavy (non-hydrogen) atoms. The molecule has 0 aliphatic heterocycles. The van der Waals surface area contributed by atoms with Gasteiger partial charge in [0.25, 0.3) is 0 Å². The minimum atomic E-state index is -0.747. The molecule has 5 aliphatic rings. The first-order valence-corrected chi connectivity index (χ1v) is 13.9. The van der Waals surface area contributed by atoms with Crippen LogP contribution in [0.1, 0.15) is 56.9 Å². The molecule has 5 fully saturated rings. The average molecular weight is 525 g/mol. The molecule has 8 heteroatoms. The molecule has 1 aromatic carbocycles. The van der Waals surface area contributed by atoms with Gasteiger partial charge in [0, 0.05) is 35.7 Å². The fourth-order valence-corrected chi connectivity index (χ4v) is 8.91. The zero-order valence-corrected chi connectivity index (χ0v) is 21.6. The number of nitrogens with one attached hydrogen (secondary N) is 2.